The highest BCUT2D eigenvalue weighted by Crippen LogP contribution is 2.42. The molecule has 5 atom stereocenters. The van der Waals surface area contributed by atoms with Crippen molar-refractivity contribution in [2.75, 3.05) is 19.8 Å². The van der Waals surface area contributed by atoms with E-state index in [0.29, 0.717) is 6.61 Å². The van der Waals surface area contributed by atoms with Gasteiger partial charge in [-0.15, -0.1) is 0 Å². The third-order valence-corrected chi connectivity index (χ3v) is 3.98. The average Bonchev–Trinajstić information content (AvgIpc) is 2.79. The minimum atomic E-state index is -0.744. The summed E-state index contributed by atoms with van der Waals surface area (Å²) < 4.78 is 35.3. The Hall–Kier alpha value is -0.930. The molecule has 9 nitrogen and oxygen atoms in total. The summed E-state index contributed by atoms with van der Waals surface area (Å²) in [5.74, 6) is -1.44. The van der Waals surface area contributed by atoms with Gasteiger partial charge in [0.25, 0.3) is 0 Å². The lowest BCUT2D eigenvalue weighted by Crippen LogP contribution is -2.63. The van der Waals surface area contributed by atoms with Crippen LogP contribution >= 0.6 is 0 Å². The van der Waals surface area contributed by atoms with Gasteiger partial charge < -0.3 is 28.4 Å². The van der Waals surface area contributed by atoms with Crippen molar-refractivity contribution in [2.45, 2.75) is 70.0 Å². The van der Waals surface area contributed by atoms with Crippen molar-refractivity contribution < 1.29 is 28.4 Å². The molecule has 0 radical (unpaired) electrons. The quantitative estimate of drug-likeness (QED) is 0.336. The maximum Gasteiger partial charge on any atom is 0.187 e. The van der Waals surface area contributed by atoms with Crippen LogP contribution in [0.2, 0.25) is 0 Å². The number of azide groups is 1. The van der Waals surface area contributed by atoms with Gasteiger partial charge in [-0.3, -0.25) is 0 Å². The fourth-order valence-electron chi connectivity index (χ4n) is 3.13. The van der Waals surface area contributed by atoms with E-state index in [1.54, 1.807) is 0 Å². The third-order valence-electron chi connectivity index (χ3n) is 3.98. The zero-order chi connectivity index (χ0) is 16.7. The zero-order valence-corrected chi connectivity index (χ0v) is 13.8. The largest absolute Gasteiger partial charge is 0.350 e. The summed E-state index contributed by atoms with van der Waals surface area (Å²) >= 11 is 0. The minimum absolute atomic E-state index is 0.228. The van der Waals surface area contributed by atoms with Gasteiger partial charge in [0, 0.05) is 11.5 Å². The molecule has 3 heterocycles. The van der Waals surface area contributed by atoms with Crippen LogP contribution in [0.15, 0.2) is 5.11 Å². The van der Waals surface area contributed by atoms with Gasteiger partial charge in [-0.2, -0.15) is 0 Å². The lowest BCUT2D eigenvalue weighted by atomic mass is 9.97. The van der Waals surface area contributed by atoms with E-state index in [1.807, 2.05) is 27.7 Å². The van der Waals surface area contributed by atoms with Gasteiger partial charge in [-0.1, -0.05) is 5.11 Å². The Labute approximate surface area is 134 Å². The van der Waals surface area contributed by atoms with Gasteiger partial charge in [0.1, 0.15) is 24.4 Å². The summed E-state index contributed by atoms with van der Waals surface area (Å²) in [7, 11) is 0. The Morgan fingerprint density at radius 2 is 1.78 bits per heavy atom. The summed E-state index contributed by atoms with van der Waals surface area (Å²) in [4.78, 5) is 2.70. The first-order valence-corrected chi connectivity index (χ1v) is 7.77. The van der Waals surface area contributed by atoms with Crippen molar-refractivity contribution in [3.63, 3.8) is 0 Å². The van der Waals surface area contributed by atoms with Gasteiger partial charge >= 0.3 is 0 Å². The van der Waals surface area contributed by atoms with E-state index in [4.69, 9.17) is 34.0 Å². The normalized spacial score (nSPS) is 40.8. The van der Waals surface area contributed by atoms with Gasteiger partial charge in [-0.05, 0) is 33.2 Å². The first kappa shape index (κ1) is 16.9. The Balaban J connectivity index is 1.73. The van der Waals surface area contributed by atoms with Gasteiger partial charge in [0.15, 0.2) is 17.9 Å². The third kappa shape index (κ3) is 3.61. The maximum absolute atomic E-state index is 8.32. The molecule has 3 aliphatic heterocycles. The molecular formula is C14H23N3O6. The van der Waals surface area contributed by atoms with Crippen molar-refractivity contribution in [3.05, 3.63) is 10.4 Å². The predicted molar refractivity (Wildman–Crippen MR) is 77.4 cm³/mol. The van der Waals surface area contributed by atoms with Gasteiger partial charge in [0.05, 0.1) is 13.2 Å². The Kier molecular flexibility index (Phi) is 4.54. The summed E-state index contributed by atoms with van der Waals surface area (Å²) in [6.45, 7) is 8.28. The molecule has 3 aliphatic rings. The molecule has 23 heavy (non-hydrogen) atoms. The molecule has 0 N–H and O–H groups in total. The minimum Gasteiger partial charge on any atom is -0.350 e. The molecule has 3 rings (SSSR count). The van der Waals surface area contributed by atoms with E-state index in [-0.39, 0.29) is 31.5 Å². The van der Waals surface area contributed by atoms with Crippen LogP contribution in [0, 0.1) is 0 Å². The van der Waals surface area contributed by atoms with Crippen molar-refractivity contribution in [3.8, 4) is 0 Å². The van der Waals surface area contributed by atoms with Crippen LogP contribution in [0.4, 0.5) is 0 Å². The van der Waals surface area contributed by atoms with Crippen molar-refractivity contribution in [2.24, 2.45) is 5.11 Å². The van der Waals surface area contributed by atoms with E-state index < -0.39 is 24.0 Å². The smallest absolute Gasteiger partial charge is 0.187 e. The standard InChI is InChI=1S/C14H23N3O6/c1-13(2)19-7-8-9(21-13)10-11(23-14(3,4)22-10)12(20-8)18-6-5-16-17-15/h8-12H,5-7H2,1-4H3/t8-,9-,10+,11+,12?/m1/s1. The first-order valence-electron chi connectivity index (χ1n) is 7.77. The molecule has 0 aromatic carbocycles. The van der Waals surface area contributed by atoms with E-state index in [9.17, 15) is 0 Å². The Bertz CT molecular complexity index is 493. The molecule has 0 amide bonds. The monoisotopic (exact) mass is 329 g/mol. The molecule has 0 bridgehead atoms. The molecule has 130 valence electrons. The second kappa shape index (κ2) is 6.18. The lowest BCUT2D eigenvalue weighted by molar-refractivity contribution is -0.370. The van der Waals surface area contributed by atoms with Crippen molar-refractivity contribution >= 4 is 0 Å². The second-order valence-corrected chi connectivity index (χ2v) is 6.73. The second-order valence-electron chi connectivity index (χ2n) is 6.73. The predicted octanol–water partition coefficient (Wildman–Crippen LogP) is 1.71. The van der Waals surface area contributed by atoms with Crippen LogP contribution in [0.25, 0.3) is 10.4 Å². The number of hydrogen-bond acceptors (Lipinski definition) is 7. The van der Waals surface area contributed by atoms with Crippen LogP contribution in [-0.2, 0) is 28.4 Å². The van der Waals surface area contributed by atoms with Gasteiger partial charge in [-0.25, -0.2) is 0 Å². The number of nitrogens with zero attached hydrogens (tertiary/aromatic N) is 3. The topological polar surface area (TPSA) is 104 Å². The highest BCUT2D eigenvalue weighted by atomic mass is 16.8. The van der Waals surface area contributed by atoms with E-state index in [2.05, 4.69) is 10.0 Å². The maximum atomic E-state index is 8.32. The number of hydrogen-bond donors (Lipinski definition) is 0. The number of rotatable bonds is 4. The molecule has 3 saturated heterocycles. The Morgan fingerprint density at radius 1 is 1.09 bits per heavy atom. The molecule has 0 saturated carbocycles. The Morgan fingerprint density at radius 3 is 2.52 bits per heavy atom. The van der Waals surface area contributed by atoms with E-state index >= 15 is 0 Å². The molecule has 0 aromatic heterocycles. The van der Waals surface area contributed by atoms with Crippen LogP contribution in [-0.4, -0.2) is 62.0 Å². The fourth-order valence-corrected chi connectivity index (χ4v) is 3.13. The fraction of sp³-hybridized carbons (Fsp3) is 1.00. The van der Waals surface area contributed by atoms with Gasteiger partial charge in [0.2, 0.25) is 0 Å². The summed E-state index contributed by atoms with van der Waals surface area (Å²) in [5, 5.41) is 3.45. The zero-order valence-electron chi connectivity index (χ0n) is 13.8. The number of ether oxygens (including phenoxy) is 6. The van der Waals surface area contributed by atoms with Crippen LogP contribution in [0.1, 0.15) is 27.7 Å². The number of fused-ring (bicyclic) bond motifs is 3. The van der Waals surface area contributed by atoms with E-state index in [0.717, 1.165) is 0 Å². The molecule has 9 heteroatoms. The summed E-state index contributed by atoms with van der Waals surface area (Å²) in [6.07, 6.45) is -1.93. The summed E-state index contributed by atoms with van der Waals surface area (Å²) in [6, 6.07) is 0. The van der Waals surface area contributed by atoms with Crippen LogP contribution in [0.3, 0.4) is 0 Å². The van der Waals surface area contributed by atoms with Crippen molar-refractivity contribution in [1.82, 2.24) is 0 Å². The van der Waals surface area contributed by atoms with E-state index in [1.165, 1.54) is 0 Å². The molecular weight excluding hydrogens is 306 g/mol. The lowest BCUT2D eigenvalue weighted by Gasteiger charge is -2.48. The molecule has 1 unspecified atom stereocenters. The first-order chi connectivity index (χ1) is 10.8. The molecule has 3 fully saturated rings. The molecule has 0 aliphatic carbocycles. The molecule has 0 aromatic rings. The van der Waals surface area contributed by atoms with Crippen LogP contribution in [0.5, 0.6) is 0 Å². The highest BCUT2D eigenvalue weighted by molar-refractivity contribution is 4.99. The van der Waals surface area contributed by atoms with Crippen molar-refractivity contribution in [1.29, 1.82) is 0 Å². The molecule has 0 spiro atoms. The highest BCUT2D eigenvalue weighted by Gasteiger charge is 2.58. The SMILES string of the molecule is CC1(C)OC[C@H]2OC(OCCN=[N+]=[N-])[C@H]3OC(C)(C)O[C@H]3[C@@H]2O1. The average molecular weight is 329 g/mol. The van der Waals surface area contributed by atoms with Crippen LogP contribution < -0.4 is 0 Å². The summed E-state index contributed by atoms with van der Waals surface area (Å²) in [5.41, 5.74) is 8.32.